The molecule has 0 bridgehead atoms. The van der Waals surface area contributed by atoms with Gasteiger partial charge in [-0.15, -0.1) is 0 Å². The predicted octanol–water partition coefficient (Wildman–Crippen LogP) is 7.62. The van der Waals surface area contributed by atoms with E-state index in [0.717, 1.165) is 16.1 Å². The second-order valence-electron chi connectivity index (χ2n) is 9.02. The van der Waals surface area contributed by atoms with Crippen molar-refractivity contribution in [2.45, 2.75) is 25.0 Å². The van der Waals surface area contributed by atoms with E-state index in [1.807, 2.05) is 97.9 Å². The average molecular weight is 574 g/mol. The molecule has 6 nitrogen and oxygen atoms in total. The van der Waals surface area contributed by atoms with Crippen LogP contribution < -0.4 is 9.62 Å². The number of hydrogen-bond acceptors (Lipinski definition) is 4. The van der Waals surface area contributed by atoms with Crippen LogP contribution in [0.1, 0.15) is 18.1 Å². The fourth-order valence-electron chi connectivity index (χ4n) is 4.06. The molecule has 0 aromatic heterocycles. The molecule has 1 unspecified atom stereocenters. The first-order valence-corrected chi connectivity index (χ1v) is 14.5. The van der Waals surface area contributed by atoms with Crippen molar-refractivity contribution in [1.82, 2.24) is 4.90 Å². The van der Waals surface area contributed by atoms with Crippen molar-refractivity contribution in [3.63, 3.8) is 0 Å². The zero-order valence-corrected chi connectivity index (χ0v) is 24.1. The predicted molar refractivity (Wildman–Crippen MR) is 166 cm³/mol. The molecular formula is C32H32ClN3O3S. The van der Waals surface area contributed by atoms with Gasteiger partial charge in [0.2, 0.25) is 5.91 Å². The van der Waals surface area contributed by atoms with Gasteiger partial charge in [0.25, 0.3) is 0 Å². The fraction of sp³-hybridized carbons (Fsp3) is 0.156. The summed E-state index contributed by atoms with van der Waals surface area (Å²) in [7, 11) is 1.10. The molecule has 0 saturated carbocycles. The number of hydrogen-bond donors (Lipinski definition) is 1. The zero-order chi connectivity index (χ0) is 28.3. The van der Waals surface area contributed by atoms with Crippen molar-refractivity contribution in [3.8, 4) is 0 Å². The first kappa shape index (κ1) is 28.9. The molecule has 1 N–H and O–H groups in total. The summed E-state index contributed by atoms with van der Waals surface area (Å²) >= 11 is 6.36. The summed E-state index contributed by atoms with van der Waals surface area (Å²) in [6, 6.07) is 35.3. The van der Waals surface area contributed by atoms with Crippen LogP contribution in [0.2, 0.25) is 5.02 Å². The van der Waals surface area contributed by atoms with Crippen LogP contribution in [0.15, 0.2) is 114 Å². The van der Waals surface area contributed by atoms with Gasteiger partial charge in [-0.1, -0.05) is 95.1 Å². The number of benzene rings is 4. The van der Waals surface area contributed by atoms with Crippen LogP contribution >= 0.6 is 22.3 Å². The van der Waals surface area contributed by atoms with E-state index in [4.69, 9.17) is 16.3 Å². The minimum absolute atomic E-state index is 0.133. The first-order valence-electron chi connectivity index (χ1n) is 12.8. The second kappa shape index (κ2) is 14.4. The van der Waals surface area contributed by atoms with Crippen LogP contribution in [-0.4, -0.2) is 35.9 Å². The van der Waals surface area contributed by atoms with Gasteiger partial charge < -0.3 is 19.3 Å². The van der Waals surface area contributed by atoms with Crippen molar-refractivity contribution < 1.29 is 14.3 Å². The fourth-order valence-corrected chi connectivity index (χ4v) is 6.12. The standard InChI is InChI=1S/C32H32ClN3O3S/c1-3-40(36(22-25-12-6-4-7-13-25)29-18-10-16-27(33)20-29)30-19-11-17-28(21-30)34-31(37)23-35(2)32(38)39-24-26-14-8-5-9-15-26/h3-21H,22-24H2,1-2H3,(H,34,37). The summed E-state index contributed by atoms with van der Waals surface area (Å²) in [6.45, 7) is 2.73. The molecule has 0 aliphatic carbocycles. The summed E-state index contributed by atoms with van der Waals surface area (Å²) in [4.78, 5) is 27.5. The van der Waals surface area contributed by atoms with Crippen molar-refractivity contribution in [2.75, 3.05) is 23.2 Å². The minimum atomic E-state index is -0.562. The first-order chi connectivity index (χ1) is 19.4. The summed E-state index contributed by atoms with van der Waals surface area (Å²) in [6.07, 6.45) is -0.562. The highest BCUT2D eigenvalue weighted by Gasteiger charge is 2.17. The SMILES string of the molecule is C/C=S(/c1cccc(NC(=O)CN(C)C(=O)OCc2ccccc2)c1)N(Cc1ccccc1)c1cccc(Cl)c1. The number of halogens is 1. The van der Waals surface area contributed by atoms with Gasteiger partial charge in [-0.3, -0.25) is 4.79 Å². The van der Waals surface area contributed by atoms with Gasteiger partial charge in [-0.2, -0.15) is 0 Å². The number of anilines is 2. The summed E-state index contributed by atoms with van der Waals surface area (Å²) in [5.41, 5.74) is 3.71. The van der Waals surface area contributed by atoms with Crippen molar-refractivity contribution in [1.29, 1.82) is 0 Å². The Bertz CT molecular complexity index is 1460. The third kappa shape index (κ3) is 8.21. The molecule has 0 radical (unpaired) electrons. The number of amides is 2. The van der Waals surface area contributed by atoms with Gasteiger partial charge in [0.1, 0.15) is 13.2 Å². The summed E-state index contributed by atoms with van der Waals surface area (Å²) in [5.74, 6) is -0.312. The number of nitrogens with zero attached hydrogens (tertiary/aromatic N) is 2. The molecule has 40 heavy (non-hydrogen) atoms. The Morgan fingerprint density at radius 1 is 0.875 bits per heavy atom. The van der Waals surface area contributed by atoms with Gasteiger partial charge in [-0.25, -0.2) is 4.79 Å². The van der Waals surface area contributed by atoms with E-state index in [-0.39, 0.29) is 19.1 Å². The molecule has 4 rings (SSSR count). The third-order valence-electron chi connectivity index (χ3n) is 5.98. The monoisotopic (exact) mass is 573 g/mol. The number of ether oxygens (including phenoxy) is 1. The molecule has 0 saturated heterocycles. The van der Waals surface area contributed by atoms with Crippen LogP contribution in [0.5, 0.6) is 0 Å². The highest BCUT2D eigenvalue weighted by Crippen LogP contribution is 2.38. The molecule has 2 amide bonds. The van der Waals surface area contributed by atoms with Gasteiger partial charge >= 0.3 is 6.09 Å². The molecule has 0 fully saturated rings. The van der Waals surface area contributed by atoms with E-state index in [2.05, 4.69) is 33.2 Å². The van der Waals surface area contributed by atoms with E-state index < -0.39 is 16.8 Å². The average Bonchev–Trinajstić information content (AvgIpc) is 2.97. The second-order valence-corrected chi connectivity index (χ2v) is 11.5. The molecule has 206 valence electrons. The van der Waals surface area contributed by atoms with E-state index in [1.54, 1.807) is 7.05 Å². The van der Waals surface area contributed by atoms with Crippen LogP contribution in [0.4, 0.5) is 16.2 Å². The maximum absolute atomic E-state index is 12.8. The van der Waals surface area contributed by atoms with E-state index in [0.29, 0.717) is 17.3 Å². The smallest absolute Gasteiger partial charge is 0.410 e. The zero-order valence-electron chi connectivity index (χ0n) is 22.5. The summed E-state index contributed by atoms with van der Waals surface area (Å²) in [5, 5.41) is 5.74. The Hall–Kier alpha value is -4.07. The van der Waals surface area contributed by atoms with Gasteiger partial charge in [-0.05, 0) is 59.8 Å². The maximum atomic E-state index is 12.8. The third-order valence-corrected chi connectivity index (χ3v) is 8.22. The Kier molecular flexibility index (Phi) is 10.4. The largest absolute Gasteiger partial charge is 0.445 e. The van der Waals surface area contributed by atoms with Crippen LogP contribution in [0.25, 0.3) is 0 Å². The lowest BCUT2D eigenvalue weighted by Crippen LogP contribution is -2.35. The van der Waals surface area contributed by atoms with Gasteiger partial charge in [0.15, 0.2) is 0 Å². The normalized spacial score (nSPS) is 11.5. The Morgan fingerprint density at radius 2 is 1.55 bits per heavy atom. The molecule has 0 aliphatic heterocycles. The van der Waals surface area contributed by atoms with Crippen LogP contribution in [0.3, 0.4) is 0 Å². The molecule has 1 atom stereocenters. The molecule has 8 heteroatoms. The molecule has 0 heterocycles. The lowest BCUT2D eigenvalue weighted by atomic mass is 10.2. The molecule has 0 aliphatic rings. The summed E-state index contributed by atoms with van der Waals surface area (Å²) < 4.78 is 7.62. The van der Waals surface area contributed by atoms with Crippen molar-refractivity contribution >= 4 is 51.0 Å². The number of carbonyl (C=O) groups is 2. The van der Waals surface area contributed by atoms with E-state index >= 15 is 0 Å². The van der Waals surface area contributed by atoms with Gasteiger partial charge in [0.05, 0.1) is 6.54 Å². The van der Waals surface area contributed by atoms with Crippen LogP contribution in [0, 0.1) is 0 Å². The quantitative estimate of drug-likeness (QED) is 0.198. The topological polar surface area (TPSA) is 61.9 Å². The maximum Gasteiger partial charge on any atom is 0.410 e. The molecule has 4 aromatic carbocycles. The lowest BCUT2D eigenvalue weighted by molar-refractivity contribution is -0.116. The molecule has 4 aromatic rings. The number of nitrogens with one attached hydrogen (secondary N) is 1. The Morgan fingerprint density at radius 3 is 2.23 bits per heavy atom. The highest BCUT2D eigenvalue weighted by atomic mass is 35.5. The molecule has 0 spiro atoms. The number of rotatable bonds is 10. The van der Waals surface area contributed by atoms with E-state index in [9.17, 15) is 9.59 Å². The van der Waals surface area contributed by atoms with Crippen molar-refractivity contribution in [3.05, 3.63) is 125 Å². The highest BCUT2D eigenvalue weighted by molar-refractivity contribution is 8.16. The number of likely N-dealkylation sites (N-methyl/N-ethyl adjacent to an activating group) is 1. The lowest BCUT2D eigenvalue weighted by Gasteiger charge is -2.29. The van der Waals surface area contributed by atoms with Gasteiger partial charge in [0, 0.05) is 28.3 Å². The minimum Gasteiger partial charge on any atom is -0.445 e. The number of carbonyl (C=O) groups excluding carboxylic acids is 2. The van der Waals surface area contributed by atoms with E-state index in [1.165, 1.54) is 10.5 Å². The Balaban J connectivity index is 1.46. The Labute approximate surface area is 243 Å². The van der Waals surface area contributed by atoms with Crippen LogP contribution in [-0.2, 0) is 22.7 Å². The van der Waals surface area contributed by atoms with Crippen molar-refractivity contribution in [2.24, 2.45) is 0 Å². The molecular weight excluding hydrogens is 542 g/mol.